The van der Waals surface area contributed by atoms with Crippen LogP contribution in [0.3, 0.4) is 0 Å². The zero-order valence-electron chi connectivity index (χ0n) is 15.5. The van der Waals surface area contributed by atoms with Gasteiger partial charge in [0, 0.05) is 32.7 Å². The molecule has 144 valence electrons. The fourth-order valence-electron chi connectivity index (χ4n) is 3.06. The molecule has 0 unspecified atom stereocenters. The van der Waals surface area contributed by atoms with Crippen molar-refractivity contribution in [3.8, 4) is 5.75 Å². The van der Waals surface area contributed by atoms with Gasteiger partial charge in [0.2, 0.25) is 5.91 Å². The molecule has 1 fully saturated rings. The molecular formula is C20H25N3O3S. The topological polar surface area (TPSA) is 61.9 Å². The van der Waals surface area contributed by atoms with Crippen LogP contribution in [0.4, 0.5) is 0 Å². The fraction of sp³-hybridized carbons (Fsp3) is 0.400. The van der Waals surface area contributed by atoms with Gasteiger partial charge in [0.05, 0.1) is 18.5 Å². The Bertz CT molecular complexity index is 738. The zero-order valence-corrected chi connectivity index (χ0v) is 16.3. The van der Waals surface area contributed by atoms with Crippen molar-refractivity contribution in [3.63, 3.8) is 0 Å². The van der Waals surface area contributed by atoms with Gasteiger partial charge in [-0.1, -0.05) is 18.2 Å². The van der Waals surface area contributed by atoms with E-state index in [-0.39, 0.29) is 11.8 Å². The highest BCUT2D eigenvalue weighted by Crippen LogP contribution is 2.14. The normalized spacial score (nSPS) is 14.8. The van der Waals surface area contributed by atoms with Crippen molar-refractivity contribution in [2.75, 3.05) is 46.4 Å². The van der Waals surface area contributed by atoms with E-state index in [1.54, 1.807) is 7.11 Å². The molecule has 1 aliphatic heterocycles. The third-order valence-electron chi connectivity index (χ3n) is 4.65. The number of carbonyl (C=O) groups excluding carboxylic acids is 2. The van der Waals surface area contributed by atoms with Crippen LogP contribution in [0.2, 0.25) is 0 Å². The first-order valence-corrected chi connectivity index (χ1v) is 9.98. The standard InChI is InChI=1S/C20H25N3O3S/c1-26-17-6-4-16(5-7-17)8-9-21-19(24)15-22-10-12-23(13-11-22)20(25)18-3-2-14-27-18/h2-7,14H,8-13,15H2,1H3,(H,21,24). The number of rotatable bonds is 7. The number of piperazine rings is 1. The molecule has 27 heavy (non-hydrogen) atoms. The maximum atomic E-state index is 12.3. The maximum absolute atomic E-state index is 12.3. The first-order chi connectivity index (χ1) is 13.2. The first-order valence-electron chi connectivity index (χ1n) is 9.10. The summed E-state index contributed by atoms with van der Waals surface area (Å²) in [4.78, 5) is 29.2. The van der Waals surface area contributed by atoms with Gasteiger partial charge >= 0.3 is 0 Å². The van der Waals surface area contributed by atoms with Crippen LogP contribution in [0.1, 0.15) is 15.2 Å². The van der Waals surface area contributed by atoms with E-state index in [9.17, 15) is 9.59 Å². The van der Waals surface area contributed by atoms with Crippen LogP contribution in [0.5, 0.6) is 5.75 Å². The van der Waals surface area contributed by atoms with Crippen LogP contribution in [-0.4, -0.2) is 68.0 Å². The van der Waals surface area contributed by atoms with E-state index < -0.39 is 0 Å². The molecule has 2 aromatic rings. The first kappa shape index (κ1) is 19.4. The van der Waals surface area contributed by atoms with Gasteiger partial charge in [-0.15, -0.1) is 11.3 Å². The van der Waals surface area contributed by atoms with E-state index in [1.807, 2.05) is 46.7 Å². The number of amides is 2. The summed E-state index contributed by atoms with van der Waals surface area (Å²) in [7, 11) is 1.65. The quantitative estimate of drug-likeness (QED) is 0.788. The number of ether oxygens (including phenoxy) is 1. The zero-order chi connectivity index (χ0) is 19.1. The summed E-state index contributed by atoms with van der Waals surface area (Å²) in [6.45, 7) is 3.77. The van der Waals surface area contributed by atoms with Crippen molar-refractivity contribution >= 4 is 23.2 Å². The molecule has 6 nitrogen and oxygen atoms in total. The number of methoxy groups -OCH3 is 1. The van der Waals surface area contributed by atoms with Crippen LogP contribution >= 0.6 is 11.3 Å². The summed E-state index contributed by atoms with van der Waals surface area (Å²) < 4.78 is 5.14. The number of nitrogens with zero attached hydrogens (tertiary/aromatic N) is 2. The molecule has 1 N–H and O–H groups in total. The van der Waals surface area contributed by atoms with Crippen molar-refractivity contribution in [2.45, 2.75) is 6.42 Å². The summed E-state index contributed by atoms with van der Waals surface area (Å²) in [5, 5.41) is 4.89. The summed E-state index contributed by atoms with van der Waals surface area (Å²) in [5.74, 6) is 0.953. The number of hydrogen-bond acceptors (Lipinski definition) is 5. The number of nitrogens with one attached hydrogen (secondary N) is 1. The second-order valence-electron chi connectivity index (χ2n) is 6.49. The molecule has 1 aliphatic rings. The molecule has 1 saturated heterocycles. The molecule has 7 heteroatoms. The SMILES string of the molecule is COc1ccc(CCNC(=O)CN2CCN(C(=O)c3cccs3)CC2)cc1. The number of carbonyl (C=O) groups is 2. The smallest absolute Gasteiger partial charge is 0.264 e. The average molecular weight is 388 g/mol. The number of benzene rings is 1. The van der Waals surface area contributed by atoms with Crippen molar-refractivity contribution in [3.05, 3.63) is 52.2 Å². The summed E-state index contributed by atoms with van der Waals surface area (Å²) in [6, 6.07) is 11.6. The van der Waals surface area contributed by atoms with Gasteiger partial charge < -0.3 is 15.0 Å². The minimum atomic E-state index is 0.0292. The Morgan fingerprint density at radius 1 is 1.11 bits per heavy atom. The number of hydrogen-bond donors (Lipinski definition) is 1. The van der Waals surface area contributed by atoms with E-state index in [1.165, 1.54) is 11.3 Å². The van der Waals surface area contributed by atoms with Crippen LogP contribution in [0, 0.1) is 0 Å². The third kappa shape index (κ3) is 5.55. The molecule has 2 amide bonds. The molecule has 1 aromatic carbocycles. The van der Waals surface area contributed by atoms with Crippen molar-refractivity contribution in [1.82, 2.24) is 15.1 Å². The lowest BCUT2D eigenvalue weighted by Gasteiger charge is -2.34. The molecule has 0 saturated carbocycles. The Hall–Kier alpha value is -2.38. The lowest BCUT2D eigenvalue weighted by atomic mass is 10.1. The van der Waals surface area contributed by atoms with E-state index in [0.29, 0.717) is 26.2 Å². The van der Waals surface area contributed by atoms with E-state index >= 15 is 0 Å². The Labute approximate surface area is 163 Å². The molecule has 1 aromatic heterocycles. The predicted octanol–water partition coefficient (Wildman–Crippen LogP) is 1.87. The van der Waals surface area contributed by atoms with E-state index in [2.05, 4.69) is 10.2 Å². The Balaban J connectivity index is 1.35. The van der Waals surface area contributed by atoms with Crippen LogP contribution in [-0.2, 0) is 11.2 Å². The van der Waals surface area contributed by atoms with Crippen LogP contribution in [0.25, 0.3) is 0 Å². The second kappa shape index (κ2) is 9.53. The molecular weight excluding hydrogens is 362 g/mol. The fourth-order valence-corrected chi connectivity index (χ4v) is 3.75. The Morgan fingerprint density at radius 3 is 2.48 bits per heavy atom. The van der Waals surface area contributed by atoms with Gasteiger partial charge in [-0.05, 0) is 35.6 Å². The van der Waals surface area contributed by atoms with Gasteiger partial charge in [-0.3, -0.25) is 14.5 Å². The summed E-state index contributed by atoms with van der Waals surface area (Å²) >= 11 is 1.47. The minimum Gasteiger partial charge on any atom is -0.497 e. The van der Waals surface area contributed by atoms with E-state index in [0.717, 1.165) is 35.7 Å². The van der Waals surface area contributed by atoms with Gasteiger partial charge in [-0.25, -0.2) is 0 Å². The summed E-state index contributed by atoms with van der Waals surface area (Å²) in [6.07, 6.45) is 0.791. The summed E-state index contributed by atoms with van der Waals surface area (Å²) in [5.41, 5.74) is 1.16. The lowest BCUT2D eigenvalue weighted by molar-refractivity contribution is -0.122. The predicted molar refractivity (Wildman–Crippen MR) is 106 cm³/mol. The van der Waals surface area contributed by atoms with E-state index in [4.69, 9.17) is 4.74 Å². The maximum Gasteiger partial charge on any atom is 0.264 e. The van der Waals surface area contributed by atoms with Crippen LogP contribution < -0.4 is 10.1 Å². The molecule has 0 aliphatic carbocycles. The van der Waals surface area contributed by atoms with Gasteiger partial charge in [-0.2, -0.15) is 0 Å². The largest absolute Gasteiger partial charge is 0.497 e. The molecule has 0 radical (unpaired) electrons. The molecule has 0 bridgehead atoms. The molecule has 0 spiro atoms. The third-order valence-corrected chi connectivity index (χ3v) is 5.51. The Kier molecular flexibility index (Phi) is 6.84. The monoisotopic (exact) mass is 387 g/mol. The Morgan fingerprint density at radius 2 is 1.85 bits per heavy atom. The highest BCUT2D eigenvalue weighted by atomic mass is 32.1. The number of thiophene rings is 1. The van der Waals surface area contributed by atoms with Gasteiger partial charge in [0.15, 0.2) is 0 Å². The van der Waals surface area contributed by atoms with Gasteiger partial charge in [0.1, 0.15) is 5.75 Å². The highest BCUT2D eigenvalue weighted by Gasteiger charge is 2.23. The average Bonchev–Trinajstić information content (AvgIpc) is 3.23. The molecule has 3 rings (SSSR count). The minimum absolute atomic E-state index is 0.0292. The molecule has 0 atom stereocenters. The highest BCUT2D eigenvalue weighted by molar-refractivity contribution is 7.12. The van der Waals surface area contributed by atoms with Crippen molar-refractivity contribution in [2.24, 2.45) is 0 Å². The van der Waals surface area contributed by atoms with Gasteiger partial charge in [0.25, 0.3) is 5.91 Å². The van der Waals surface area contributed by atoms with Crippen molar-refractivity contribution < 1.29 is 14.3 Å². The van der Waals surface area contributed by atoms with Crippen LogP contribution in [0.15, 0.2) is 41.8 Å². The lowest BCUT2D eigenvalue weighted by Crippen LogP contribution is -2.51. The molecule has 2 heterocycles. The van der Waals surface area contributed by atoms with Crippen molar-refractivity contribution in [1.29, 1.82) is 0 Å². The second-order valence-corrected chi connectivity index (χ2v) is 7.44.